The highest BCUT2D eigenvalue weighted by Crippen LogP contribution is 2.33. The Morgan fingerprint density at radius 2 is 1.89 bits per heavy atom. The van der Waals surface area contributed by atoms with Gasteiger partial charge in [-0.1, -0.05) is 24.3 Å². The van der Waals surface area contributed by atoms with Crippen molar-refractivity contribution in [3.05, 3.63) is 71.7 Å². The average Bonchev–Trinajstić information content (AvgIpc) is 3.16. The third-order valence-electron chi connectivity index (χ3n) is 5.40. The topological polar surface area (TPSA) is 65.2 Å². The number of carbonyl (C=O) groups excluding carboxylic acids is 2. The van der Waals surface area contributed by atoms with E-state index < -0.39 is 11.7 Å². The molecule has 0 unspecified atom stereocenters. The summed E-state index contributed by atoms with van der Waals surface area (Å²) in [5, 5.41) is 3.83. The maximum Gasteiger partial charge on any atom is 0.251 e. The van der Waals surface area contributed by atoms with E-state index in [9.17, 15) is 14.0 Å². The van der Waals surface area contributed by atoms with Crippen molar-refractivity contribution < 1.29 is 14.0 Å². The van der Waals surface area contributed by atoms with Gasteiger partial charge in [-0.2, -0.15) is 0 Å². The summed E-state index contributed by atoms with van der Waals surface area (Å²) >= 11 is 0. The Morgan fingerprint density at radius 1 is 1.11 bits per heavy atom. The van der Waals surface area contributed by atoms with Crippen molar-refractivity contribution >= 4 is 22.7 Å². The summed E-state index contributed by atoms with van der Waals surface area (Å²) in [6.07, 6.45) is 3.86. The summed E-state index contributed by atoms with van der Waals surface area (Å²) in [5.74, 6) is -0.607. The van der Waals surface area contributed by atoms with Gasteiger partial charge < -0.3 is 15.2 Å². The summed E-state index contributed by atoms with van der Waals surface area (Å²) in [6, 6.07) is 13.7. The van der Waals surface area contributed by atoms with Crippen LogP contribution in [-0.4, -0.2) is 41.3 Å². The number of piperidine rings is 1. The number of fused-ring (bicyclic) bond motifs is 1. The molecular weight excluding hydrogens is 357 g/mol. The molecule has 4 rings (SSSR count). The summed E-state index contributed by atoms with van der Waals surface area (Å²) in [5.41, 5.74) is 2.66. The SMILES string of the molecule is O=C(NCC(=O)N1CCC(c2c[nH]c3ccccc23)CC1)c1cccc(F)c1. The lowest BCUT2D eigenvalue weighted by Gasteiger charge is -2.32. The maximum atomic E-state index is 13.2. The molecule has 2 N–H and O–H groups in total. The molecule has 0 spiro atoms. The van der Waals surface area contributed by atoms with Gasteiger partial charge in [0, 0.05) is 35.8 Å². The van der Waals surface area contributed by atoms with Gasteiger partial charge in [0.25, 0.3) is 5.91 Å². The number of carbonyl (C=O) groups is 2. The number of benzene rings is 2. The van der Waals surface area contributed by atoms with Crippen molar-refractivity contribution in [2.75, 3.05) is 19.6 Å². The molecule has 28 heavy (non-hydrogen) atoms. The van der Waals surface area contributed by atoms with Gasteiger partial charge in [0.15, 0.2) is 0 Å². The highest BCUT2D eigenvalue weighted by atomic mass is 19.1. The van der Waals surface area contributed by atoms with Crippen LogP contribution >= 0.6 is 0 Å². The smallest absolute Gasteiger partial charge is 0.251 e. The highest BCUT2D eigenvalue weighted by Gasteiger charge is 2.25. The van der Waals surface area contributed by atoms with Gasteiger partial charge in [-0.25, -0.2) is 4.39 Å². The van der Waals surface area contributed by atoms with Gasteiger partial charge in [-0.15, -0.1) is 0 Å². The third-order valence-corrected chi connectivity index (χ3v) is 5.40. The number of hydrogen-bond donors (Lipinski definition) is 2. The van der Waals surface area contributed by atoms with E-state index in [4.69, 9.17) is 0 Å². The zero-order valence-corrected chi connectivity index (χ0v) is 15.5. The van der Waals surface area contributed by atoms with E-state index in [2.05, 4.69) is 28.6 Å². The van der Waals surface area contributed by atoms with Gasteiger partial charge in [-0.05, 0) is 48.6 Å². The lowest BCUT2D eigenvalue weighted by atomic mass is 9.89. The molecule has 3 aromatic rings. The van der Waals surface area contributed by atoms with E-state index in [0.29, 0.717) is 19.0 Å². The van der Waals surface area contributed by atoms with Crippen molar-refractivity contribution in [3.8, 4) is 0 Å². The van der Waals surface area contributed by atoms with Crippen molar-refractivity contribution in [2.24, 2.45) is 0 Å². The fraction of sp³-hybridized carbons (Fsp3) is 0.273. The van der Waals surface area contributed by atoms with Gasteiger partial charge in [0.05, 0.1) is 6.54 Å². The quantitative estimate of drug-likeness (QED) is 0.729. The molecule has 144 valence electrons. The molecule has 1 aliphatic rings. The number of hydrogen-bond acceptors (Lipinski definition) is 2. The van der Waals surface area contributed by atoms with Crippen molar-refractivity contribution in [1.82, 2.24) is 15.2 Å². The number of nitrogens with one attached hydrogen (secondary N) is 2. The van der Waals surface area contributed by atoms with E-state index in [1.807, 2.05) is 12.1 Å². The number of para-hydroxylation sites is 1. The first-order valence-corrected chi connectivity index (χ1v) is 9.49. The molecule has 0 aliphatic carbocycles. The monoisotopic (exact) mass is 379 g/mol. The standard InChI is InChI=1S/C22H22FN3O2/c23-17-5-3-4-16(12-17)22(28)25-14-21(27)26-10-8-15(9-11-26)19-13-24-20-7-2-1-6-18(19)20/h1-7,12-13,15,24H,8-11,14H2,(H,25,28). The number of H-pyrrole nitrogens is 1. The second kappa shape index (κ2) is 7.84. The lowest BCUT2D eigenvalue weighted by molar-refractivity contribution is -0.131. The van der Waals surface area contributed by atoms with E-state index >= 15 is 0 Å². The molecule has 1 fully saturated rings. The van der Waals surface area contributed by atoms with Crippen LogP contribution in [0.25, 0.3) is 10.9 Å². The van der Waals surface area contributed by atoms with E-state index in [-0.39, 0.29) is 18.0 Å². The molecule has 1 saturated heterocycles. The van der Waals surface area contributed by atoms with Crippen LogP contribution in [-0.2, 0) is 4.79 Å². The summed E-state index contributed by atoms with van der Waals surface area (Å²) in [7, 11) is 0. The number of aromatic nitrogens is 1. The fourth-order valence-corrected chi connectivity index (χ4v) is 3.87. The minimum Gasteiger partial charge on any atom is -0.361 e. The second-order valence-corrected chi connectivity index (χ2v) is 7.14. The Balaban J connectivity index is 1.31. The van der Waals surface area contributed by atoms with Crippen molar-refractivity contribution in [2.45, 2.75) is 18.8 Å². The molecule has 1 aliphatic heterocycles. The molecule has 5 nitrogen and oxygen atoms in total. The third kappa shape index (κ3) is 3.76. The highest BCUT2D eigenvalue weighted by molar-refractivity contribution is 5.96. The number of likely N-dealkylation sites (tertiary alicyclic amines) is 1. The minimum atomic E-state index is -0.474. The van der Waals surface area contributed by atoms with Crippen molar-refractivity contribution in [1.29, 1.82) is 0 Å². The zero-order valence-electron chi connectivity index (χ0n) is 15.5. The Kier molecular flexibility index (Phi) is 5.10. The number of aromatic amines is 1. The van der Waals surface area contributed by atoms with E-state index in [1.54, 1.807) is 4.90 Å². The lowest BCUT2D eigenvalue weighted by Crippen LogP contribution is -2.43. The van der Waals surface area contributed by atoms with Gasteiger partial charge in [0.1, 0.15) is 5.82 Å². The first-order chi connectivity index (χ1) is 13.6. The van der Waals surface area contributed by atoms with Crippen LogP contribution in [0.4, 0.5) is 4.39 Å². The van der Waals surface area contributed by atoms with Crippen LogP contribution in [0.15, 0.2) is 54.7 Å². The Hall–Kier alpha value is -3.15. The normalized spacial score (nSPS) is 15.0. The molecule has 2 amide bonds. The molecule has 2 aromatic carbocycles. The first-order valence-electron chi connectivity index (χ1n) is 9.49. The van der Waals surface area contributed by atoms with Gasteiger partial charge >= 0.3 is 0 Å². The van der Waals surface area contributed by atoms with E-state index in [1.165, 1.54) is 29.1 Å². The first kappa shape index (κ1) is 18.2. The van der Waals surface area contributed by atoms with Crippen LogP contribution in [0.1, 0.15) is 34.7 Å². The minimum absolute atomic E-state index is 0.0763. The van der Waals surface area contributed by atoms with Crippen LogP contribution in [0.2, 0.25) is 0 Å². The second-order valence-electron chi connectivity index (χ2n) is 7.14. The Labute approximate surface area is 162 Å². The molecule has 0 radical (unpaired) electrons. The fourth-order valence-electron chi connectivity index (χ4n) is 3.87. The summed E-state index contributed by atoms with van der Waals surface area (Å²) in [6.45, 7) is 1.25. The number of rotatable bonds is 4. The number of halogens is 1. The predicted molar refractivity (Wildman–Crippen MR) is 106 cm³/mol. The number of nitrogens with zero attached hydrogens (tertiary/aromatic N) is 1. The molecule has 1 aromatic heterocycles. The predicted octanol–water partition coefficient (Wildman–Crippen LogP) is 3.44. The largest absolute Gasteiger partial charge is 0.361 e. The van der Waals surface area contributed by atoms with E-state index in [0.717, 1.165) is 24.4 Å². The maximum absolute atomic E-state index is 13.2. The van der Waals surface area contributed by atoms with Crippen LogP contribution in [0, 0.1) is 5.82 Å². The van der Waals surface area contributed by atoms with Crippen LogP contribution in [0.3, 0.4) is 0 Å². The molecule has 2 heterocycles. The Morgan fingerprint density at radius 3 is 2.68 bits per heavy atom. The summed E-state index contributed by atoms with van der Waals surface area (Å²) < 4.78 is 13.2. The Bertz CT molecular complexity index is 1010. The van der Waals surface area contributed by atoms with Crippen LogP contribution in [0.5, 0.6) is 0 Å². The molecule has 0 saturated carbocycles. The molecule has 6 heteroatoms. The zero-order chi connectivity index (χ0) is 19.5. The molecule has 0 bridgehead atoms. The summed E-state index contributed by atoms with van der Waals surface area (Å²) in [4.78, 5) is 29.6. The average molecular weight is 379 g/mol. The van der Waals surface area contributed by atoms with Crippen molar-refractivity contribution in [3.63, 3.8) is 0 Å². The molecule has 0 atom stereocenters. The van der Waals surface area contributed by atoms with Crippen LogP contribution < -0.4 is 5.32 Å². The number of amides is 2. The van der Waals surface area contributed by atoms with Gasteiger partial charge in [-0.3, -0.25) is 9.59 Å². The molecular formula is C22H22FN3O2. The van der Waals surface area contributed by atoms with Gasteiger partial charge in [0.2, 0.25) is 5.91 Å².